The molecule has 9 nitrogen and oxygen atoms in total. The van der Waals surface area contributed by atoms with E-state index in [0.29, 0.717) is 48.3 Å². The number of anilines is 1. The lowest BCUT2D eigenvalue weighted by Gasteiger charge is -2.36. The third kappa shape index (κ3) is 6.10. The summed E-state index contributed by atoms with van der Waals surface area (Å²) in [5.41, 5.74) is 3.13. The Labute approximate surface area is 242 Å². The van der Waals surface area contributed by atoms with Crippen molar-refractivity contribution in [2.24, 2.45) is 0 Å². The first kappa shape index (κ1) is 26.6. The van der Waals surface area contributed by atoms with Crippen LogP contribution in [0.3, 0.4) is 0 Å². The number of nitrogens with zero attached hydrogens (tertiary/aromatic N) is 5. The Hall–Kier alpha value is -4.63. The summed E-state index contributed by atoms with van der Waals surface area (Å²) in [5.74, 6) is 1.71. The summed E-state index contributed by atoms with van der Waals surface area (Å²) < 4.78 is 10.9. The molecule has 1 fully saturated rings. The highest BCUT2D eigenvalue weighted by molar-refractivity contribution is 6.30. The number of piperazine rings is 1. The second kappa shape index (κ2) is 11.9. The average Bonchev–Trinajstić information content (AvgIpc) is 3.49. The van der Waals surface area contributed by atoms with Gasteiger partial charge in [-0.25, -0.2) is 0 Å². The van der Waals surface area contributed by atoms with Gasteiger partial charge in [-0.15, -0.1) is 10.2 Å². The number of amides is 2. The molecule has 0 radical (unpaired) electrons. The monoisotopic (exact) mass is 569 g/mol. The standard InChI is InChI=1S/C31H28ClN5O4/c32-25-9-7-24(8-10-25)31(39)37(19-22-6-12-27-28(18-22)41-21-40-27)20-30(38)36-16-14-35(15-17-36)29-13-11-26(33-34-29)23-4-2-1-3-5-23/h1-13,18H,14-17,19-21H2. The van der Waals surface area contributed by atoms with E-state index in [4.69, 9.17) is 21.1 Å². The van der Waals surface area contributed by atoms with E-state index in [1.54, 1.807) is 34.1 Å². The molecule has 0 bridgehead atoms. The lowest BCUT2D eigenvalue weighted by Crippen LogP contribution is -2.52. The summed E-state index contributed by atoms with van der Waals surface area (Å²) in [4.78, 5) is 32.4. The molecule has 0 spiro atoms. The smallest absolute Gasteiger partial charge is 0.254 e. The van der Waals surface area contributed by atoms with Gasteiger partial charge in [-0.05, 0) is 54.1 Å². The van der Waals surface area contributed by atoms with Crippen LogP contribution in [0.2, 0.25) is 5.02 Å². The van der Waals surface area contributed by atoms with Crippen molar-refractivity contribution in [2.75, 3.05) is 44.4 Å². The second-order valence-electron chi connectivity index (χ2n) is 9.87. The molecule has 208 valence electrons. The number of benzene rings is 3. The minimum Gasteiger partial charge on any atom is -0.454 e. The third-order valence-electron chi connectivity index (χ3n) is 7.19. The summed E-state index contributed by atoms with van der Waals surface area (Å²) in [6, 6.07) is 26.1. The van der Waals surface area contributed by atoms with Gasteiger partial charge in [-0.2, -0.15) is 0 Å². The van der Waals surface area contributed by atoms with Crippen molar-refractivity contribution in [3.63, 3.8) is 0 Å². The Morgan fingerprint density at radius 1 is 0.829 bits per heavy atom. The van der Waals surface area contributed by atoms with Crippen molar-refractivity contribution in [3.8, 4) is 22.8 Å². The van der Waals surface area contributed by atoms with Gasteiger partial charge >= 0.3 is 0 Å². The number of fused-ring (bicyclic) bond motifs is 1. The molecule has 3 heterocycles. The van der Waals surface area contributed by atoms with E-state index < -0.39 is 0 Å². The molecule has 1 saturated heterocycles. The Kier molecular flexibility index (Phi) is 7.69. The molecule has 0 aliphatic carbocycles. The third-order valence-corrected chi connectivity index (χ3v) is 7.44. The summed E-state index contributed by atoms with van der Waals surface area (Å²) in [7, 11) is 0. The number of hydrogen-bond donors (Lipinski definition) is 0. The molecule has 0 saturated carbocycles. The Morgan fingerprint density at radius 2 is 1.59 bits per heavy atom. The van der Waals surface area contributed by atoms with E-state index in [1.165, 1.54) is 0 Å². The van der Waals surface area contributed by atoms with Gasteiger partial charge in [-0.3, -0.25) is 9.59 Å². The van der Waals surface area contributed by atoms with E-state index in [-0.39, 0.29) is 31.7 Å². The molecule has 3 aromatic carbocycles. The zero-order valence-corrected chi connectivity index (χ0v) is 23.0. The molecule has 0 unspecified atom stereocenters. The number of ether oxygens (including phenoxy) is 2. The Balaban J connectivity index is 1.11. The molecule has 2 aliphatic rings. The van der Waals surface area contributed by atoms with Crippen LogP contribution in [0.25, 0.3) is 11.3 Å². The summed E-state index contributed by atoms with van der Waals surface area (Å²) in [6.07, 6.45) is 0. The van der Waals surface area contributed by atoms with Crippen molar-refractivity contribution in [2.45, 2.75) is 6.54 Å². The first-order valence-electron chi connectivity index (χ1n) is 13.4. The molecule has 41 heavy (non-hydrogen) atoms. The topological polar surface area (TPSA) is 88.1 Å². The quantitative estimate of drug-likeness (QED) is 0.323. The lowest BCUT2D eigenvalue weighted by atomic mass is 10.1. The van der Waals surface area contributed by atoms with E-state index in [0.717, 1.165) is 22.6 Å². The largest absolute Gasteiger partial charge is 0.454 e. The summed E-state index contributed by atoms with van der Waals surface area (Å²) >= 11 is 6.03. The van der Waals surface area contributed by atoms with Crippen LogP contribution in [0.1, 0.15) is 15.9 Å². The predicted molar refractivity (Wildman–Crippen MR) is 155 cm³/mol. The fraction of sp³-hybridized carbons (Fsp3) is 0.226. The zero-order valence-electron chi connectivity index (χ0n) is 22.3. The van der Waals surface area contributed by atoms with E-state index in [2.05, 4.69) is 15.1 Å². The van der Waals surface area contributed by atoms with E-state index >= 15 is 0 Å². The Morgan fingerprint density at radius 3 is 2.32 bits per heavy atom. The molecule has 2 amide bonds. The molecular weight excluding hydrogens is 542 g/mol. The molecular formula is C31H28ClN5O4. The Bertz CT molecular complexity index is 1520. The molecule has 10 heteroatoms. The van der Waals surface area contributed by atoms with Gasteiger partial charge in [0, 0.05) is 48.9 Å². The number of rotatable bonds is 7. The van der Waals surface area contributed by atoms with Gasteiger partial charge in [0.25, 0.3) is 5.91 Å². The van der Waals surface area contributed by atoms with Crippen LogP contribution < -0.4 is 14.4 Å². The van der Waals surface area contributed by atoms with Gasteiger partial charge in [-0.1, -0.05) is 48.0 Å². The van der Waals surface area contributed by atoms with Crippen LogP contribution in [0.5, 0.6) is 11.5 Å². The molecule has 6 rings (SSSR count). The minimum absolute atomic E-state index is 0.0541. The summed E-state index contributed by atoms with van der Waals surface area (Å²) in [6.45, 7) is 2.65. The van der Waals surface area contributed by atoms with E-state index in [1.807, 2.05) is 60.7 Å². The predicted octanol–water partition coefficient (Wildman–Crippen LogP) is 4.52. The van der Waals surface area contributed by atoms with Gasteiger partial charge < -0.3 is 24.2 Å². The van der Waals surface area contributed by atoms with Crippen molar-refractivity contribution in [1.29, 1.82) is 0 Å². The maximum Gasteiger partial charge on any atom is 0.254 e. The molecule has 0 atom stereocenters. The number of carbonyl (C=O) groups excluding carboxylic acids is 2. The number of hydrogen-bond acceptors (Lipinski definition) is 7. The van der Waals surface area contributed by atoms with Crippen molar-refractivity contribution in [3.05, 3.63) is 101 Å². The van der Waals surface area contributed by atoms with Crippen molar-refractivity contribution >= 4 is 29.2 Å². The highest BCUT2D eigenvalue weighted by Crippen LogP contribution is 2.33. The molecule has 2 aliphatic heterocycles. The van der Waals surface area contributed by atoms with Gasteiger partial charge in [0.2, 0.25) is 12.7 Å². The van der Waals surface area contributed by atoms with Crippen LogP contribution in [-0.2, 0) is 11.3 Å². The first-order chi connectivity index (χ1) is 20.0. The molecule has 0 N–H and O–H groups in total. The number of halogens is 1. The number of aromatic nitrogens is 2. The first-order valence-corrected chi connectivity index (χ1v) is 13.8. The van der Waals surface area contributed by atoms with Crippen molar-refractivity contribution in [1.82, 2.24) is 20.0 Å². The van der Waals surface area contributed by atoms with Crippen LogP contribution in [0, 0.1) is 0 Å². The molecule has 4 aromatic rings. The fourth-order valence-corrected chi connectivity index (χ4v) is 5.07. The molecule has 1 aromatic heterocycles. The lowest BCUT2D eigenvalue weighted by molar-refractivity contribution is -0.132. The summed E-state index contributed by atoms with van der Waals surface area (Å²) in [5, 5.41) is 9.35. The van der Waals surface area contributed by atoms with Crippen LogP contribution in [0.15, 0.2) is 84.9 Å². The van der Waals surface area contributed by atoms with Crippen LogP contribution in [0.4, 0.5) is 5.82 Å². The van der Waals surface area contributed by atoms with E-state index in [9.17, 15) is 9.59 Å². The van der Waals surface area contributed by atoms with Crippen LogP contribution in [-0.4, -0.2) is 71.3 Å². The highest BCUT2D eigenvalue weighted by atomic mass is 35.5. The van der Waals surface area contributed by atoms with Gasteiger partial charge in [0.05, 0.1) is 5.69 Å². The fourth-order valence-electron chi connectivity index (χ4n) is 4.94. The minimum atomic E-state index is -0.250. The average molecular weight is 570 g/mol. The highest BCUT2D eigenvalue weighted by Gasteiger charge is 2.27. The van der Waals surface area contributed by atoms with Gasteiger partial charge in [0.15, 0.2) is 17.3 Å². The number of carbonyl (C=O) groups is 2. The maximum absolute atomic E-state index is 13.5. The van der Waals surface area contributed by atoms with Crippen LogP contribution >= 0.6 is 11.6 Å². The zero-order chi connectivity index (χ0) is 28.2. The van der Waals surface area contributed by atoms with Crippen molar-refractivity contribution < 1.29 is 19.1 Å². The van der Waals surface area contributed by atoms with Gasteiger partial charge in [0.1, 0.15) is 6.54 Å². The maximum atomic E-state index is 13.5. The SMILES string of the molecule is O=C(CN(Cc1ccc2c(c1)OCO2)C(=O)c1ccc(Cl)cc1)N1CCN(c2ccc(-c3ccccc3)nn2)CC1. The normalized spacial score (nSPS) is 14.2. The second-order valence-corrected chi connectivity index (χ2v) is 10.3.